The van der Waals surface area contributed by atoms with Gasteiger partial charge in [0.25, 0.3) is 0 Å². The van der Waals surface area contributed by atoms with Crippen LogP contribution in [-0.4, -0.2) is 70.3 Å². The lowest BCUT2D eigenvalue weighted by atomic mass is 9.80. The maximum Gasteiger partial charge on any atom is 0.158 e. The van der Waals surface area contributed by atoms with Gasteiger partial charge in [0.15, 0.2) is 5.65 Å². The molecule has 4 heterocycles. The second kappa shape index (κ2) is 15.1. The normalized spacial score (nSPS) is 18.8. The highest BCUT2D eigenvalue weighted by Crippen LogP contribution is 2.41. The number of methoxy groups -OCH3 is 1. The number of allylic oxidation sites excluding steroid dienone is 2. The predicted octanol–water partition coefficient (Wildman–Crippen LogP) is 8.47. The Morgan fingerprint density at radius 3 is 2.51 bits per heavy atom. The molecule has 2 aromatic heterocycles. The Morgan fingerprint density at radius 1 is 1.04 bits per heavy atom. The van der Waals surface area contributed by atoms with Crippen molar-refractivity contribution in [3.8, 4) is 0 Å². The van der Waals surface area contributed by atoms with Crippen molar-refractivity contribution in [3.63, 3.8) is 0 Å². The van der Waals surface area contributed by atoms with Crippen molar-refractivity contribution in [3.05, 3.63) is 76.4 Å². The fourth-order valence-corrected chi connectivity index (χ4v) is 8.07. The molecule has 0 saturated carbocycles. The van der Waals surface area contributed by atoms with Gasteiger partial charge in [-0.1, -0.05) is 58.9 Å². The van der Waals surface area contributed by atoms with Gasteiger partial charge in [0.2, 0.25) is 0 Å². The summed E-state index contributed by atoms with van der Waals surface area (Å²) in [5.74, 6) is 0.988. The number of pyridine rings is 1. The first-order chi connectivity index (χ1) is 21.8. The molecule has 45 heavy (non-hydrogen) atoms. The average molecular weight is 612 g/mol. The highest BCUT2D eigenvalue weighted by atomic mass is 16.5. The van der Waals surface area contributed by atoms with E-state index in [0.717, 1.165) is 57.6 Å². The molecule has 2 fully saturated rings. The second-order valence-electron chi connectivity index (χ2n) is 13.8. The lowest BCUT2D eigenvalue weighted by Crippen LogP contribution is -2.36. The smallest absolute Gasteiger partial charge is 0.158 e. The molecule has 5 rings (SSSR count). The maximum absolute atomic E-state index is 5.47. The van der Waals surface area contributed by atoms with Crippen LogP contribution in [0, 0.1) is 19.8 Å². The quantitative estimate of drug-likeness (QED) is 0.194. The third-order valence-corrected chi connectivity index (χ3v) is 10.5. The summed E-state index contributed by atoms with van der Waals surface area (Å²) in [6.07, 6.45) is 13.0. The van der Waals surface area contributed by atoms with E-state index in [9.17, 15) is 0 Å². The van der Waals surface area contributed by atoms with Gasteiger partial charge in [0.1, 0.15) is 6.33 Å². The first kappa shape index (κ1) is 33.4. The summed E-state index contributed by atoms with van der Waals surface area (Å²) in [7, 11) is 1.82. The van der Waals surface area contributed by atoms with Crippen molar-refractivity contribution >= 4 is 16.8 Å². The van der Waals surface area contributed by atoms with E-state index in [2.05, 4.69) is 92.4 Å². The molecule has 0 amide bonds. The number of aryl methyl sites for hydroxylation is 2. The number of aromatic nitrogens is 3. The van der Waals surface area contributed by atoms with Gasteiger partial charge in [-0.2, -0.15) is 5.10 Å². The van der Waals surface area contributed by atoms with Crippen LogP contribution in [-0.2, 0) is 11.2 Å². The summed E-state index contributed by atoms with van der Waals surface area (Å²) in [6.45, 7) is 23.7. The number of likely N-dealkylation sites (tertiary alicyclic amines) is 2. The molecule has 2 aliphatic heterocycles. The molecule has 1 atom stereocenters. The van der Waals surface area contributed by atoms with E-state index in [-0.39, 0.29) is 0 Å². The van der Waals surface area contributed by atoms with Crippen molar-refractivity contribution in [1.82, 2.24) is 24.4 Å². The minimum absolute atomic E-state index is 0.404. The van der Waals surface area contributed by atoms with Gasteiger partial charge in [-0.05, 0) is 122 Å². The van der Waals surface area contributed by atoms with Crippen LogP contribution in [0.25, 0.3) is 16.8 Å². The lowest BCUT2D eigenvalue weighted by molar-refractivity contribution is 0.114. The molecule has 1 aromatic carbocycles. The Labute approximate surface area is 272 Å². The van der Waals surface area contributed by atoms with Crippen molar-refractivity contribution in [2.24, 2.45) is 5.92 Å². The molecule has 244 valence electrons. The number of fused-ring (bicyclic) bond motifs is 1. The topological polar surface area (TPSA) is 45.9 Å². The molecule has 0 spiro atoms. The van der Waals surface area contributed by atoms with E-state index in [0.29, 0.717) is 17.9 Å². The van der Waals surface area contributed by atoms with E-state index >= 15 is 0 Å². The van der Waals surface area contributed by atoms with Crippen LogP contribution < -0.4 is 0 Å². The molecule has 6 nitrogen and oxygen atoms in total. The van der Waals surface area contributed by atoms with E-state index < -0.39 is 0 Å². The predicted molar refractivity (Wildman–Crippen MR) is 189 cm³/mol. The molecule has 2 aliphatic rings. The summed E-state index contributed by atoms with van der Waals surface area (Å²) in [4.78, 5) is 9.73. The Balaban J connectivity index is 1.38. The molecule has 2 saturated heterocycles. The van der Waals surface area contributed by atoms with Gasteiger partial charge >= 0.3 is 0 Å². The van der Waals surface area contributed by atoms with Crippen LogP contribution in [0.2, 0.25) is 0 Å². The minimum Gasteiger partial charge on any atom is -0.383 e. The summed E-state index contributed by atoms with van der Waals surface area (Å²) in [5.41, 5.74) is 13.5. The highest BCUT2D eigenvalue weighted by molar-refractivity contribution is 5.93. The summed E-state index contributed by atoms with van der Waals surface area (Å²) < 4.78 is 7.45. The summed E-state index contributed by atoms with van der Waals surface area (Å²) >= 11 is 0. The van der Waals surface area contributed by atoms with E-state index in [1.807, 2.05) is 11.6 Å². The molecule has 0 bridgehead atoms. The van der Waals surface area contributed by atoms with Crippen LogP contribution in [0.1, 0.15) is 112 Å². The number of hydrogen-bond acceptors (Lipinski definition) is 5. The SMILES string of the molecule is C=C(CCN1CCC[C@H]1COC)N1CCC(c2ccc(C)c(/C(=C(\CCC)c3cn4ncnc4c(C)c3CC)C(C)C)c2)CC1. The van der Waals surface area contributed by atoms with Crippen molar-refractivity contribution in [1.29, 1.82) is 0 Å². The Bertz CT molecular complexity index is 1490. The largest absolute Gasteiger partial charge is 0.383 e. The fraction of sp³-hybridized carbons (Fsp3) is 0.590. The van der Waals surface area contributed by atoms with E-state index in [1.165, 1.54) is 82.5 Å². The van der Waals surface area contributed by atoms with Crippen LogP contribution >= 0.6 is 0 Å². The number of ether oxygens (including phenoxy) is 1. The molecule has 6 heteroatoms. The van der Waals surface area contributed by atoms with Crippen LogP contribution in [0.4, 0.5) is 0 Å². The molecule has 0 N–H and O–H groups in total. The van der Waals surface area contributed by atoms with Crippen molar-refractivity contribution < 1.29 is 4.74 Å². The highest BCUT2D eigenvalue weighted by Gasteiger charge is 2.27. The van der Waals surface area contributed by atoms with Gasteiger partial charge < -0.3 is 9.64 Å². The zero-order chi connectivity index (χ0) is 32.1. The van der Waals surface area contributed by atoms with Gasteiger partial charge in [0, 0.05) is 44.7 Å². The van der Waals surface area contributed by atoms with Gasteiger partial charge in [-0.25, -0.2) is 9.50 Å². The van der Waals surface area contributed by atoms with Crippen molar-refractivity contribution in [2.45, 2.75) is 105 Å². The van der Waals surface area contributed by atoms with Crippen molar-refractivity contribution in [2.75, 3.05) is 39.9 Å². The number of hydrogen-bond donors (Lipinski definition) is 0. The maximum atomic E-state index is 5.47. The molecule has 3 aromatic rings. The van der Waals surface area contributed by atoms with Gasteiger partial charge in [0.05, 0.1) is 6.61 Å². The molecule has 0 unspecified atom stereocenters. The first-order valence-electron chi connectivity index (χ1n) is 17.6. The number of rotatable bonds is 13. The van der Waals surface area contributed by atoms with Crippen LogP contribution in [0.15, 0.2) is 43.0 Å². The minimum atomic E-state index is 0.404. The molecular weight excluding hydrogens is 554 g/mol. The first-order valence-corrected chi connectivity index (χ1v) is 17.6. The summed E-state index contributed by atoms with van der Waals surface area (Å²) in [6, 6.07) is 7.90. The van der Waals surface area contributed by atoms with Gasteiger partial charge in [-0.3, -0.25) is 4.90 Å². The number of nitrogens with zero attached hydrogens (tertiary/aromatic N) is 5. The standard InChI is InChI=1S/C39H57N5O/c1-9-12-35(37-24-44-39(40-26-41-44)30(7)34(37)10-2)38(27(3)4)36-23-32(15-14-28(36)5)31-17-21-42(22-18-31)29(6)16-20-43-19-11-13-33(43)25-45-8/h14-15,23-24,26-27,31,33H,6,9-13,16-22,25H2,1-5,7-8H3/b38-35+/t33-/m0/s1. The Hall–Kier alpha value is -2.96. The molecular formula is C39H57N5O. The molecule has 0 radical (unpaired) electrons. The zero-order valence-electron chi connectivity index (χ0n) is 29.2. The van der Waals surface area contributed by atoms with Gasteiger partial charge in [-0.15, -0.1) is 0 Å². The Kier molecular flexibility index (Phi) is 11.2. The number of piperidine rings is 1. The number of benzene rings is 1. The van der Waals surface area contributed by atoms with E-state index in [1.54, 1.807) is 6.33 Å². The third kappa shape index (κ3) is 7.23. The van der Waals surface area contributed by atoms with Crippen LogP contribution in [0.5, 0.6) is 0 Å². The lowest BCUT2D eigenvalue weighted by Gasteiger charge is -2.36. The zero-order valence-corrected chi connectivity index (χ0v) is 29.2. The summed E-state index contributed by atoms with van der Waals surface area (Å²) in [5, 5.41) is 4.55. The fourth-order valence-electron chi connectivity index (χ4n) is 8.07. The average Bonchev–Trinajstić information content (AvgIpc) is 3.70. The van der Waals surface area contributed by atoms with E-state index in [4.69, 9.17) is 4.74 Å². The monoisotopic (exact) mass is 611 g/mol. The third-order valence-electron chi connectivity index (χ3n) is 10.5. The molecule has 0 aliphatic carbocycles. The second-order valence-corrected chi connectivity index (χ2v) is 13.8. The Morgan fingerprint density at radius 2 is 1.82 bits per heavy atom. The van der Waals surface area contributed by atoms with Crippen LogP contribution in [0.3, 0.4) is 0 Å².